The molecule has 0 saturated carbocycles. The summed E-state index contributed by atoms with van der Waals surface area (Å²) in [6, 6.07) is 7.29. The molecular weight excluding hydrogens is 225 g/mol. The Morgan fingerprint density at radius 1 is 1.17 bits per heavy atom. The lowest BCUT2D eigenvalue weighted by molar-refractivity contribution is 0.270. The fraction of sp³-hybridized carbons (Fsp3) is 0.625. The summed E-state index contributed by atoms with van der Waals surface area (Å²) in [5.74, 6) is 0.369. The molecule has 0 aliphatic rings. The van der Waals surface area contributed by atoms with E-state index in [1.54, 1.807) is 12.1 Å². The molecule has 1 unspecified atom stereocenters. The fourth-order valence-corrected chi connectivity index (χ4v) is 2.68. The van der Waals surface area contributed by atoms with E-state index in [1.165, 1.54) is 5.56 Å². The molecule has 0 saturated heterocycles. The zero-order valence-electron chi connectivity index (χ0n) is 12.3. The summed E-state index contributed by atoms with van der Waals surface area (Å²) in [5, 5.41) is 3.63. The van der Waals surface area contributed by atoms with Gasteiger partial charge >= 0.3 is 0 Å². The van der Waals surface area contributed by atoms with E-state index >= 15 is 0 Å². The Balaban J connectivity index is 2.96. The van der Waals surface area contributed by atoms with Gasteiger partial charge < -0.3 is 5.32 Å². The van der Waals surface area contributed by atoms with Gasteiger partial charge in [0.2, 0.25) is 0 Å². The standard InChI is InChI=1S/C16H26FN/c1-6-11-18-15(12(2)3)16(4,5)13-7-9-14(17)10-8-13/h7-10,12,15,18H,6,11H2,1-5H3. The van der Waals surface area contributed by atoms with E-state index in [2.05, 4.69) is 39.9 Å². The Hall–Kier alpha value is -0.890. The van der Waals surface area contributed by atoms with Crippen LogP contribution < -0.4 is 5.32 Å². The van der Waals surface area contributed by atoms with Gasteiger partial charge in [-0.1, -0.05) is 46.8 Å². The lowest BCUT2D eigenvalue weighted by Gasteiger charge is -2.38. The van der Waals surface area contributed by atoms with Crippen LogP contribution in [-0.2, 0) is 5.41 Å². The highest BCUT2D eigenvalue weighted by Crippen LogP contribution is 2.31. The first-order valence-electron chi connectivity index (χ1n) is 6.89. The Morgan fingerprint density at radius 2 is 1.72 bits per heavy atom. The van der Waals surface area contributed by atoms with Crippen molar-refractivity contribution in [2.75, 3.05) is 6.54 Å². The van der Waals surface area contributed by atoms with Crippen molar-refractivity contribution in [3.8, 4) is 0 Å². The third-order valence-electron chi connectivity index (χ3n) is 3.65. The molecule has 0 spiro atoms. The second kappa shape index (κ2) is 6.33. The maximum Gasteiger partial charge on any atom is 0.123 e. The van der Waals surface area contributed by atoms with Gasteiger partial charge in [0.1, 0.15) is 5.82 Å². The summed E-state index contributed by atoms with van der Waals surface area (Å²) in [5.41, 5.74) is 1.18. The molecule has 1 aromatic carbocycles. The van der Waals surface area contributed by atoms with Crippen molar-refractivity contribution in [2.24, 2.45) is 5.92 Å². The smallest absolute Gasteiger partial charge is 0.123 e. The predicted molar refractivity (Wildman–Crippen MR) is 76.3 cm³/mol. The molecule has 1 N–H and O–H groups in total. The molecule has 2 heteroatoms. The van der Waals surface area contributed by atoms with Crippen molar-refractivity contribution in [1.82, 2.24) is 5.32 Å². The molecule has 0 bridgehead atoms. The van der Waals surface area contributed by atoms with Crippen LogP contribution in [0.1, 0.15) is 46.6 Å². The molecule has 0 aliphatic carbocycles. The molecule has 1 rings (SSSR count). The minimum atomic E-state index is -0.169. The molecule has 0 radical (unpaired) electrons. The van der Waals surface area contributed by atoms with Crippen molar-refractivity contribution in [1.29, 1.82) is 0 Å². The number of nitrogens with one attached hydrogen (secondary N) is 1. The van der Waals surface area contributed by atoms with Crippen LogP contribution in [0.25, 0.3) is 0 Å². The lowest BCUT2D eigenvalue weighted by Crippen LogP contribution is -2.48. The largest absolute Gasteiger partial charge is 0.313 e. The summed E-state index contributed by atoms with van der Waals surface area (Å²) in [6.45, 7) is 12.1. The summed E-state index contributed by atoms with van der Waals surface area (Å²) in [4.78, 5) is 0. The van der Waals surface area contributed by atoms with Crippen LogP contribution in [0.5, 0.6) is 0 Å². The Kier molecular flexibility index (Phi) is 5.33. The van der Waals surface area contributed by atoms with Gasteiger partial charge in [-0.2, -0.15) is 0 Å². The van der Waals surface area contributed by atoms with Crippen molar-refractivity contribution in [3.63, 3.8) is 0 Å². The highest BCUT2D eigenvalue weighted by Gasteiger charge is 2.32. The van der Waals surface area contributed by atoms with E-state index in [4.69, 9.17) is 0 Å². The number of rotatable bonds is 6. The third-order valence-corrected chi connectivity index (χ3v) is 3.65. The lowest BCUT2D eigenvalue weighted by atomic mass is 9.73. The van der Waals surface area contributed by atoms with Crippen molar-refractivity contribution < 1.29 is 4.39 Å². The van der Waals surface area contributed by atoms with Crippen LogP contribution in [0.15, 0.2) is 24.3 Å². The normalized spacial score (nSPS) is 13.9. The monoisotopic (exact) mass is 251 g/mol. The molecule has 102 valence electrons. The molecule has 0 heterocycles. The van der Waals surface area contributed by atoms with E-state index in [0.717, 1.165) is 13.0 Å². The fourth-order valence-electron chi connectivity index (χ4n) is 2.68. The van der Waals surface area contributed by atoms with E-state index in [-0.39, 0.29) is 11.2 Å². The summed E-state index contributed by atoms with van der Waals surface area (Å²) in [6.07, 6.45) is 1.13. The second-order valence-corrected chi connectivity index (χ2v) is 5.90. The predicted octanol–water partition coefficient (Wildman–Crippen LogP) is 4.13. The molecule has 1 nitrogen and oxygen atoms in total. The zero-order valence-corrected chi connectivity index (χ0v) is 12.3. The van der Waals surface area contributed by atoms with Gasteiger partial charge in [-0.05, 0) is 36.6 Å². The second-order valence-electron chi connectivity index (χ2n) is 5.90. The minimum absolute atomic E-state index is 0.00294. The Bertz CT molecular complexity index is 354. The first-order valence-corrected chi connectivity index (χ1v) is 6.89. The van der Waals surface area contributed by atoms with E-state index < -0.39 is 0 Å². The molecule has 1 aromatic rings. The van der Waals surface area contributed by atoms with Crippen LogP contribution >= 0.6 is 0 Å². The van der Waals surface area contributed by atoms with Crippen molar-refractivity contribution in [3.05, 3.63) is 35.6 Å². The first kappa shape index (κ1) is 15.2. The maximum absolute atomic E-state index is 13.0. The quantitative estimate of drug-likeness (QED) is 0.801. The highest BCUT2D eigenvalue weighted by atomic mass is 19.1. The van der Waals surface area contributed by atoms with Crippen LogP contribution in [0, 0.1) is 11.7 Å². The zero-order chi connectivity index (χ0) is 13.8. The Labute approximate surface area is 111 Å². The van der Waals surface area contributed by atoms with Crippen molar-refractivity contribution >= 4 is 0 Å². The van der Waals surface area contributed by atoms with Gasteiger partial charge in [-0.15, -0.1) is 0 Å². The van der Waals surface area contributed by atoms with Gasteiger partial charge in [0, 0.05) is 11.5 Å². The molecular formula is C16H26FN. The summed E-state index contributed by atoms with van der Waals surface area (Å²) < 4.78 is 13.0. The van der Waals surface area contributed by atoms with Crippen LogP contribution in [0.4, 0.5) is 4.39 Å². The van der Waals surface area contributed by atoms with Crippen LogP contribution in [-0.4, -0.2) is 12.6 Å². The molecule has 0 fully saturated rings. The topological polar surface area (TPSA) is 12.0 Å². The van der Waals surface area contributed by atoms with Crippen LogP contribution in [0.3, 0.4) is 0 Å². The molecule has 1 atom stereocenters. The van der Waals surface area contributed by atoms with Crippen molar-refractivity contribution in [2.45, 2.75) is 52.5 Å². The van der Waals surface area contributed by atoms with E-state index in [0.29, 0.717) is 12.0 Å². The molecule has 0 aromatic heterocycles. The average molecular weight is 251 g/mol. The Morgan fingerprint density at radius 3 is 2.17 bits per heavy atom. The van der Waals surface area contributed by atoms with Crippen LogP contribution in [0.2, 0.25) is 0 Å². The van der Waals surface area contributed by atoms with E-state index in [9.17, 15) is 4.39 Å². The molecule has 0 amide bonds. The molecule has 18 heavy (non-hydrogen) atoms. The van der Waals surface area contributed by atoms with E-state index in [1.807, 2.05) is 12.1 Å². The number of halogens is 1. The number of hydrogen-bond acceptors (Lipinski definition) is 1. The first-order chi connectivity index (χ1) is 8.39. The maximum atomic E-state index is 13.0. The van der Waals surface area contributed by atoms with Gasteiger partial charge in [-0.3, -0.25) is 0 Å². The van der Waals surface area contributed by atoms with Gasteiger partial charge in [-0.25, -0.2) is 4.39 Å². The average Bonchev–Trinajstić information content (AvgIpc) is 2.29. The van der Waals surface area contributed by atoms with Gasteiger partial charge in [0.25, 0.3) is 0 Å². The minimum Gasteiger partial charge on any atom is -0.313 e. The third kappa shape index (κ3) is 3.55. The number of benzene rings is 1. The highest BCUT2D eigenvalue weighted by molar-refractivity contribution is 5.26. The van der Waals surface area contributed by atoms with Gasteiger partial charge in [0.15, 0.2) is 0 Å². The SMILES string of the molecule is CCCNC(C(C)C)C(C)(C)c1ccc(F)cc1. The summed E-state index contributed by atoms with van der Waals surface area (Å²) in [7, 11) is 0. The number of hydrogen-bond donors (Lipinski definition) is 1. The summed E-state index contributed by atoms with van der Waals surface area (Å²) >= 11 is 0. The van der Waals surface area contributed by atoms with Gasteiger partial charge in [0.05, 0.1) is 0 Å². The molecule has 0 aliphatic heterocycles.